The van der Waals surface area contributed by atoms with Crippen LogP contribution < -0.4 is 5.73 Å². The van der Waals surface area contributed by atoms with Gasteiger partial charge in [-0.3, -0.25) is 10.1 Å². The molecule has 2 N–H and O–H groups in total. The number of nitrogen functional groups attached to an aromatic ring is 1. The summed E-state index contributed by atoms with van der Waals surface area (Å²) in [5.74, 6) is 0.794. The fraction of sp³-hybridized carbons (Fsp3) is 0.0769. The zero-order chi connectivity index (χ0) is 13.0. The standard InChI is InChI=1S/C13H12N2O2S/c14-12-8-11(15(16)17)6-7-13(12)18-9-10-4-2-1-3-5-10/h1-8H,9,14H2. The van der Waals surface area contributed by atoms with Crippen LogP contribution in [0.5, 0.6) is 0 Å². The number of rotatable bonds is 4. The number of nitro benzene ring substituents is 1. The summed E-state index contributed by atoms with van der Waals surface area (Å²) in [5.41, 5.74) is 7.47. The molecule has 5 heteroatoms. The Morgan fingerprint density at radius 1 is 1.17 bits per heavy atom. The number of benzene rings is 2. The van der Waals surface area contributed by atoms with Crippen molar-refractivity contribution in [3.05, 3.63) is 64.2 Å². The largest absolute Gasteiger partial charge is 0.398 e. The monoisotopic (exact) mass is 260 g/mol. The van der Waals surface area contributed by atoms with Crippen LogP contribution in [0.2, 0.25) is 0 Å². The SMILES string of the molecule is Nc1cc([N+](=O)[O-])ccc1SCc1ccccc1. The molecule has 0 bridgehead atoms. The van der Waals surface area contributed by atoms with E-state index >= 15 is 0 Å². The van der Waals surface area contributed by atoms with E-state index in [9.17, 15) is 10.1 Å². The number of anilines is 1. The smallest absolute Gasteiger partial charge is 0.271 e. The van der Waals surface area contributed by atoms with Crippen molar-refractivity contribution < 1.29 is 4.92 Å². The van der Waals surface area contributed by atoms with Crippen LogP contribution in [0.4, 0.5) is 11.4 Å². The molecule has 0 aliphatic heterocycles. The average molecular weight is 260 g/mol. The van der Waals surface area contributed by atoms with Crippen molar-refractivity contribution in [3.63, 3.8) is 0 Å². The molecule has 0 saturated heterocycles. The lowest BCUT2D eigenvalue weighted by molar-refractivity contribution is -0.384. The molecule has 4 nitrogen and oxygen atoms in total. The number of nitrogens with two attached hydrogens (primary N) is 1. The van der Waals surface area contributed by atoms with Gasteiger partial charge in [-0.1, -0.05) is 30.3 Å². The number of thioether (sulfide) groups is 1. The van der Waals surface area contributed by atoms with Gasteiger partial charge in [0.15, 0.2) is 0 Å². The highest BCUT2D eigenvalue weighted by molar-refractivity contribution is 7.98. The van der Waals surface area contributed by atoms with Crippen LogP contribution in [0.25, 0.3) is 0 Å². The minimum atomic E-state index is -0.442. The van der Waals surface area contributed by atoms with Crippen LogP contribution in [0.15, 0.2) is 53.4 Å². The Labute approximate surface area is 109 Å². The van der Waals surface area contributed by atoms with Gasteiger partial charge in [0.1, 0.15) is 0 Å². The summed E-state index contributed by atoms with van der Waals surface area (Å²) in [4.78, 5) is 11.0. The fourth-order valence-corrected chi connectivity index (χ4v) is 2.42. The number of nitro groups is 1. The summed E-state index contributed by atoms with van der Waals surface area (Å²) >= 11 is 1.57. The minimum Gasteiger partial charge on any atom is -0.398 e. The summed E-state index contributed by atoms with van der Waals surface area (Å²) < 4.78 is 0. The number of non-ortho nitro benzene ring substituents is 1. The van der Waals surface area contributed by atoms with Gasteiger partial charge in [-0.25, -0.2) is 0 Å². The molecular weight excluding hydrogens is 248 g/mol. The average Bonchev–Trinajstić information content (AvgIpc) is 2.38. The highest BCUT2D eigenvalue weighted by Crippen LogP contribution is 2.30. The van der Waals surface area contributed by atoms with E-state index in [1.54, 1.807) is 17.8 Å². The second kappa shape index (κ2) is 5.55. The first kappa shape index (κ1) is 12.4. The maximum absolute atomic E-state index is 10.6. The predicted molar refractivity (Wildman–Crippen MR) is 73.5 cm³/mol. The molecular formula is C13H12N2O2S. The first-order chi connectivity index (χ1) is 8.66. The van der Waals surface area contributed by atoms with Gasteiger partial charge in [-0.2, -0.15) is 0 Å². The fourth-order valence-electron chi connectivity index (χ4n) is 1.52. The van der Waals surface area contributed by atoms with Crippen molar-refractivity contribution in [1.82, 2.24) is 0 Å². The molecule has 18 heavy (non-hydrogen) atoms. The van der Waals surface area contributed by atoms with Gasteiger partial charge in [-0.15, -0.1) is 11.8 Å². The summed E-state index contributed by atoms with van der Waals surface area (Å²) in [6.07, 6.45) is 0. The second-order valence-corrected chi connectivity index (χ2v) is 4.77. The third-order valence-electron chi connectivity index (χ3n) is 2.44. The molecule has 0 fully saturated rings. The topological polar surface area (TPSA) is 69.2 Å². The van der Waals surface area contributed by atoms with Gasteiger partial charge < -0.3 is 5.73 Å². The quantitative estimate of drug-likeness (QED) is 0.395. The highest BCUT2D eigenvalue weighted by atomic mass is 32.2. The predicted octanol–water partition coefficient (Wildman–Crippen LogP) is 3.47. The van der Waals surface area contributed by atoms with Crippen molar-refractivity contribution in [2.45, 2.75) is 10.6 Å². The molecule has 0 radical (unpaired) electrons. The van der Waals surface area contributed by atoms with E-state index in [-0.39, 0.29) is 5.69 Å². The van der Waals surface area contributed by atoms with Crippen molar-refractivity contribution in [2.24, 2.45) is 0 Å². The van der Waals surface area contributed by atoms with Crippen LogP contribution in [0.3, 0.4) is 0 Å². The molecule has 92 valence electrons. The van der Waals surface area contributed by atoms with E-state index in [1.807, 2.05) is 30.3 Å². The van der Waals surface area contributed by atoms with E-state index in [2.05, 4.69) is 0 Å². The molecule has 2 rings (SSSR count). The van der Waals surface area contributed by atoms with Crippen LogP contribution in [0, 0.1) is 10.1 Å². The van der Waals surface area contributed by atoms with Crippen molar-refractivity contribution >= 4 is 23.1 Å². The van der Waals surface area contributed by atoms with Crippen LogP contribution in [0.1, 0.15) is 5.56 Å². The molecule has 0 aromatic heterocycles. The van der Waals surface area contributed by atoms with Gasteiger partial charge in [0.05, 0.1) is 10.6 Å². The molecule has 0 unspecified atom stereocenters. The molecule has 0 heterocycles. The normalized spacial score (nSPS) is 10.2. The van der Waals surface area contributed by atoms with Crippen molar-refractivity contribution in [1.29, 1.82) is 0 Å². The first-order valence-electron chi connectivity index (χ1n) is 5.37. The van der Waals surface area contributed by atoms with E-state index in [4.69, 9.17) is 5.73 Å². The number of nitrogens with zero attached hydrogens (tertiary/aromatic N) is 1. The highest BCUT2D eigenvalue weighted by Gasteiger charge is 2.08. The Balaban J connectivity index is 2.08. The first-order valence-corrected chi connectivity index (χ1v) is 6.36. The van der Waals surface area contributed by atoms with Crippen LogP contribution >= 0.6 is 11.8 Å². The van der Waals surface area contributed by atoms with Gasteiger partial charge in [0, 0.05) is 22.8 Å². The molecule has 0 amide bonds. The van der Waals surface area contributed by atoms with Gasteiger partial charge in [-0.05, 0) is 11.6 Å². The van der Waals surface area contributed by atoms with Gasteiger partial charge in [0.25, 0.3) is 5.69 Å². The maximum Gasteiger partial charge on any atom is 0.271 e. The molecule has 0 saturated carbocycles. The summed E-state index contributed by atoms with van der Waals surface area (Å²) in [5, 5.41) is 10.6. The Morgan fingerprint density at radius 3 is 2.50 bits per heavy atom. The van der Waals surface area contributed by atoms with E-state index in [0.717, 1.165) is 10.6 Å². The lowest BCUT2D eigenvalue weighted by Crippen LogP contribution is -1.93. The third kappa shape index (κ3) is 3.01. The summed E-state index contributed by atoms with van der Waals surface area (Å²) in [6, 6.07) is 14.6. The molecule has 2 aromatic rings. The van der Waals surface area contributed by atoms with E-state index in [1.165, 1.54) is 17.7 Å². The summed E-state index contributed by atoms with van der Waals surface area (Å²) in [6.45, 7) is 0. The Morgan fingerprint density at radius 2 is 1.89 bits per heavy atom. The summed E-state index contributed by atoms with van der Waals surface area (Å²) in [7, 11) is 0. The molecule has 0 spiro atoms. The van der Waals surface area contributed by atoms with Crippen LogP contribution in [-0.4, -0.2) is 4.92 Å². The Bertz CT molecular complexity index is 558. The second-order valence-electron chi connectivity index (χ2n) is 3.75. The lowest BCUT2D eigenvalue weighted by atomic mass is 10.2. The molecule has 0 atom stereocenters. The van der Waals surface area contributed by atoms with Gasteiger partial charge in [0.2, 0.25) is 0 Å². The number of hydrogen-bond acceptors (Lipinski definition) is 4. The Hall–Kier alpha value is -2.01. The third-order valence-corrected chi connectivity index (χ3v) is 3.60. The zero-order valence-electron chi connectivity index (χ0n) is 9.58. The Kier molecular flexibility index (Phi) is 3.84. The maximum atomic E-state index is 10.6. The number of hydrogen-bond donors (Lipinski definition) is 1. The minimum absolute atomic E-state index is 0.0246. The van der Waals surface area contributed by atoms with Crippen molar-refractivity contribution in [2.75, 3.05) is 5.73 Å². The molecule has 0 aliphatic rings. The van der Waals surface area contributed by atoms with Crippen LogP contribution in [-0.2, 0) is 5.75 Å². The van der Waals surface area contributed by atoms with Crippen molar-refractivity contribution in [3.8, 4) is 0 Å². The lowest BCUT2D eigenvalue weighted by Gasteiger charge is -2.05. The van der Waals surface area contributed by atoms with E-state index < -0.39 is 4.92 Å². The zero-order valence-corrected chi connectivity index (χ0v) is 10.4. The van der Waals surface area contributed by atoms with Gasteiger partial charge >= 0.3 is 0 Å². The molecule has 0 aliphatic carbocycles. The van der Waals surface area contributed by atoms with E-state index in [0.29, 0.717) is 5.69 Å². The molecule has 2 aromatic carbocycles.